The fourth-order valence-corrected chi connectivity index (χ4v) is 2.83. The fourth-order valence-electron chi connectivity index (χ4n) is 2.83. The monoisotopic (exact) mass is 254 g/mol. The molecule has 1 aliphatic heterocycles. The van der Waals surface area contributed by atoms with Gasteiger partial charge < -0.3 is 4.74 Å². The van der Waals surface area contributed by atoms with E-state index < -0.39 is 17.5 Å². The van der Waals surface area contributed by atoms with E-state index >= 15 is 0 Å². The van der Waals surface area contributed by atoms with Crippen molar-refractivity contribution in [1.82, 2.24) is 10.2 Å². The summed E-state index contributed by atoms with van der Waals surface area (Å²) in [5, 5.41) is 2.32. The predicted octanol–water partition coefficient (Wildman–Crippen LogP) is 0.804. The van der Waals surface area contributed by atoms with Gasteiger partial charge in [-0.25, -0.2) is 4.79 Å². The van der Waals surface area contributed by atoms with E-state index in [2.05, 4.69) is 10.1 Å². The molecule has 0 aromatic carbocycles. The molecule has 0 atom stereocenters. The first-order chi connectivity index (χ1) is 8.60. The number of nitrogens with one attached hydrogen (secondary N) is 1. The summed E-state index contributed by atoms with van der Waals surface area (Å²) in [7, 11) is 1.28. The average molecular weight is 254 g/mol. The number of urea groups is 1. The molecule has 0 aromatic heterocycles. The zero-order valence-electron chi connectivity index (χ0n) is 10.5. The number of nitrogens with zero attached hydrogens (tertiary/aromatic N) is 1. The van der Waals surface area contributed by atoms with Gasteiger partial charge in [0.05, 0.1) is 7.11 Å². The van der Waals surface area contributed by atoms with Crippen molar-refractivity contribution in [2.45, 2.75) is 44.1 Å². The Bertz CT molecular complexity index is 372. The number of amides is 3. The number of rotatable bonds is 2. The molecular weight excluding hydrogens is 236 g/mol. The van der Waals surface area contributed by atoms with Crippen LogP contribution in [0.3, 0.4) is 0 Å². The van der Waals surface area contributed by atoms with Crippen molar-refractivity contribution in [3.05, 3.63) is 0 Å². The maximum Gasteiger partial charge on any atom is 0.325 e. The molecule has 0 bridgehead atoms. The average Bonchev–Trinajstić information content (AvgIpc) is 2.55. The minimum atomic E-state index is -0.832. The van der Waals surface area contributed by atoms with Gasteiger partial charge in [-0.05, 0) is 12.8 Å². The molecule has 6 nitrogen and oxygen atoms in total. The summed E-state index contributed by atoms with van der Waals surface area (Å²) >= 11 is 0. The smallest absolute Gasteiger partial charge is 0.325 e. The van der Waals surface area contributed by atoms with E-state index in [1.54, 1.807) is 0 Å². The van der Waals surface area contributed by atoms with Gasteiger partial charge in [0.2, 0.25) is 0 Å². The lowest BCUT2D eigenvalue weighted by Gasteiger charge is -2.33. The fraction of sp³-hybridized carbons (Fsp3) is 0.750. The molecule has 0 unspecified atom stereocenters. The van der Waals surface area contributed by atoms with Crippen LogP contribution in [0.1, 0.15) is 38.5 Å². The van der Waals surface area contributed by atoms with Crippen LogP contribution in [0.15, 0.2) is 0 Å². The van der Waals surface area contributed by atoms with Crippen molar-refractivity contribution < 1.29 is 19.1 Å². The van der Waals surface area contributed by atoms with Gasteiger partial charge in [-0.2, -0.15) is 0 Å². The normalized spacial score (nSPS) is 22.8. The van der Waals surface area contributed by atoms with E-state index in [0.29, 0.717) is 12.8 Å². The lowest BCUT2D eigenvalue weighted by molar-refractivity contribution is -0.143. The Balaban J connectivity index is 2.24. The van der Waals surface area contributed by atoms with Crippen LogP contribution in [0.4, 0.5) is 4.79 Å². The number of imide groups is 1. The summed E-state index contributed by atoms with van der Waals surface area (Å²) in [5.41, 5.74) is -0.832. The highest BCUT2D eigenvalue weighted by Gasteiger charge is 2.52. The minimum absolute atomic E-state index is 0.159. The van der Waals surface area contributed by atoms with Crippen LogP contribution in [0.2, 0.25) is 0 Å². The molecule has 2 aliphatic rings. The summed E-state index contributed by atoms with van der Waals surface area (Å²) < 4.78 is 4.59. The molecule has 1 spiro atoms. The Morgan fingerprint density at radius 2 is 1.89 bits per heavy atom. The maximum atomic E-state index is 12.1. The zero-order chi connectivity index (χ0) is 13.2. The quantitative estimate of drug-likeness (QED) is 0.584. The highest BCUT2D eigenvalue weighted by molar-refractivity contribution is 6.07. The van der Waals surface area contributed by atoms with Crippen LogP contribution in [0.5, 0.6) is 0 Å². The molecule has 18 heavy (non-hydrogen) atoms. The Hall–Kier alpha value is -1.59. The summed E-state index contributed by atoms with van der Waals surface area (Å²) in [4.78, 5) is 36.6. The first-order valence-corrected chi connectivity index (χ1v) is 6.30. The number of methoxy groups -OCH3 is 1. The lowest BCUT2D eigenvalue weighted by atomic mass is 9.89. The van der Waals surface area contributed by atoms with Crippen molar-refractivity contribution in [2.75, 3.05) is 13.7 Å². The number of hydrogen-bond donors (Lipinski definition) is 1. The Morgan fingerprint density at radius 3 is 2.44 bits per heavy atom. The first kappa shape index (κ1) is 12.9. The molecule has 0 radical (unpaired) electrons. The van der Waals surface area contributed by atoms with Gasteiger partial charge in [-0.3, -0.25) is 19.8 Å². The molecule has 1 heterocycles. The van der Waals surface area contributed by atoms with Crippen LogP contribution >= 0.6 is 0 Å². The number of carbonyl (C=O) groups is 3. The molecule has 1 N–H and O–H groups in total. The second-order valence-corrected chi connectivity index (χ2v) is 4.87. The summed E-state index contributed by atoms with van der Waals surface area (Å²) in [6, 6.07) is -0.479. The largest absolute Gasteiger partial charge is 0.468 e. The molecule has 2 rings (SSSR count). The van der Waals surface area contributed by atoms with Crippen LogP contribution in [0, 0.1) is 0 Å². The van der Waals surface area contributed by atoms with Gasteiger partial charge >= 0.3 is 12.0 Å². The molecule has 3 amide bonds. The zero-order valence-corrected chi connectivity index (χ0v) is 10.5. The highest BCUT2D eigenvalue weighted by atomic mass is 16.5. The topological polar surface area (TPSA) is 75.7 Å². The predicted molar refractivity (Wildman–Crippen MR) is 62.7 cm³/mol. The van der Waals surface area contributed by atoms with Gasteiger partial charge in [-0.1, -0.05) is 25.7 Å². The van der Waals surface area contributed by atoms with Gasteiger partial charge in [0.25, 0.3) is 5.91 Å². The maximum absolute atomic E-state index is 12.1. The third-order valence-electron chi connectivity index (χ3n) is 3.85. The van der Waals surface area contributed by atoms with Gasteiger partial charge in [0, 0.05) is 0 Å². The molecule has 0 aromatic rings. The van der Waals surface area contributed by atoms with E-state index in [1.807, 2.05) is 0 Å². The van der Waals surface area contributed by atoms with Gasteiger partial charge in [0.15, 0.2) is 0 Å². The molecule has 1 aliphatic carbocycles. The standard InChI is InChI=1S/C12H18N2O4/c1-18-9(15)8-14-11(17)13-10(16)12(14)6-4-2-3-5-7-12/h2-8H2,1H3,(H,13,16,17). The summed E-state index contributed by atoms with van der Waals surface area (Å²) in [5.74, 6) is -0.762. The second kappa shape index (κ2) is 4.96. The highest BCUT2D eigenvalue weighted by Crippen LogP contribution is 2.35. The molecule has 1 saturated heterocycles. The van der Waals surface area contributed by atoms with E-state index in [0.717, 1.165) is 25.7 Å². The third kappa shape index (κ3) is 2.07. The van der Waals surface area contributed by atoms with Gasteiger partial charge in [0.1, 0.15) is 12.1 Å². The Morgan fingerprint density at radius 1 is 1.28 bits per heavy atom. The first-order valence-electron chi connectivity index (χ1n) is 6.30. The molecular formula is C12H18N2O4. The third-order valence-corrected chi connectivity index (χ3v) is 3.85. The Kier molecular flexibility index (Phi) is 3.54. The van der Waals surface area contributed by atoms with Crippen molar-refractivity contribution in [1.29, 1.82) is 0 Å². The molecule has 6 heteroatoms. The van der Waals surface area contributed by atoms with Gasteiger partial charge in [-0.15, -0.1) is 0 Å². The van der Waals surface area contributed by atoms with Crippen molar-refractivity contribution in [2.24, 2.45) is 0 Å². The van der Waals surface area contributed by atoms with Crippen molar-refractivity contribution in [3.63, 3.8) is 0 Å². The molecule has 2 fully saturated rings. The van der Waals surface area contributed by atoms with E-state index in [1.165, 1.54) is 12.0 Å². The van der Waals surface area contributed by atoms with Crippen LogP contribution in [0.25, 0.3) is 0 Å². The number of esters is 1. The van der Waals surface area contributed by atoms with E-state index in [-0.39, 0.29) is 12.5 Å². The number of carbonyl (C=O) groups excluding carboxylic acids is 3. The van der Waals surface area contributed by atoms with E-state index in [4.69, 9.17) is 0 Å². The van der Waals surface area contributed by atoms with Crippen LogP contribution in [-0.4, -0.2) is 42.0 Å². The lowest BCUT2D eigenvalue weighted by Crippen LogP contribution is -2.51. The SMILES string of the molecule is COC(=O)CN1C(=O)NC(=O)C12CCCCCC2. The minimum Gasteiger partial charge on any atom is -0.468 e. The molecule has 1 saturated carbocycles. The number of ether oxygens (including phenoxy) is 1. The van der Waals surface area contributed by atoms with Crippen LogP contribution in [-0.2, 0) is 14.3 Å². The van der Waals surface area contributed by atoms with Crippen molar-refractivity contribution in [3.8, 4) is 0 Å². The molecule has 100 valence electrons. The summed E-state index contributed by atoms with van der Waals surface area (Å²) in [6.45, 7) is -0.159. The van der Waals surface area contributed by atoms with Crippen LogP contribution < -0.4 is 5.32 Å². The number of hydrogen-bond acceptors (Lipinski definition) is 4. The van der Waals surface area contributed by atoms with Crippen molar-refractivity contribution >= 4 is 17.9 Å². The second-order valence-electron chi connectivity index (χ2n) is 4.87. The summed E-state index contributed by atoms with van der Waals surface area (Å²) in [6.07, 6.45) is 5.18. The Labute approximate surface area is 106 Å². The van der Waals surface area contributed by atoms with E-state index in [9.17, 15) is 14.4 Å².